The van der Waals surface area contributed by atoms with Crippen molar-refractivity contribution >= 4 is 29.2 Å². The number of aromatic carboxylic acids is 1. The Morgan fingerprint density at radius 1 is 1.19 bits per heavy atom. The fourth-order valence-corrected chi connectivity index (χ4v) is 4.12. The fraction of sp³-hybridized carbons (Fsp3) is 0.417. The predicted molar refractivity (Wildman–Crippen MR) is 120 cm³/mol. The lowest BCUT2D eigenvalue weighted by molar-refractivity contribution is -0.150. The van der Waals surface area contributed by atoms with Crippen molar-refractivity contribution in [1.29, 1.82) is 0 Å². The van der Waals surface area contributed by atoms with E-state index in [2.05, 4.69) is 18.7 Å². The second-order valence-corrected chi connectivity index (χ2v) is 9.19. The van der Waals surface area contributed by atoms with Crippen LogP contribution < -0.4 is 9.64 Å². The second-order valence-electron chi connectivity index (χ2n) is 8.78. The van der Waals surface area contributed by atoms with E-state index in [1.54, 1.807) is 24.3 Å². The molecule has 7 heteroatoms. The normalized spacial score (nSPS) is 15.5. The molecule has 0 radical (unpaired) electrons. The molecule has 0 aromatic heterocycles. The molecule has 0 saturated heterocycles. The molecule has 0 bridgehead atoms. The summed E-state index contributed by atoms with van der Waals surface area (Å²) in [6.45, 7) is 8.55. The van der Waals surface area contributed by atoms with Crippen LogP contribution in [-0.4, -0.2) is 35.8 Å². The van der Waals surface area contributed by atoms with Crippen molar-refractivity contribution in [2.45, 2.75) is 52.3 Å². The van der Waals surface area contributed by atoms with Crippen LogP contribution in [0.2, 0.25) is 5.02 Å². The van der Waals surface area contributed by atoms with Gasteiger partial charge in [0.05, 0.1) is 12.7 Å². The van der Waals surface area contributed by atoms with Crippen LogP contribution in [0.5, 0.6) is 5.75 Å². The molecule has 0 fully saturated rings. The predicted octanol–water partition coefficient (Wildman–Crippen LogP) is 4.96. The summed E-state index contributed by atoms with van der Waals surface area (Å²) < 4.78 is 10.8. The first kappa shape index (κ1) is 22.9. The highest BCUT2D eigenvalue weighted by molar-refractivity contribution is 6.31. The quantitative estimate of drug-likeness (QED) is 0.607. The Hall–Kier alpha value is -2.73. The molecular formula is C24H28ClNO5. The molecule has 1 aliphatic heterocycles. The number of rotatable bonds is 7. The fourth-order valence-electron chi connectivity index (χ4n) is 3.95. The first-order valence-corrected chi connectivity index (χ1v) is 10.6. The summed E-state index contributed by atoms with van der Waals surface area (Å²) in [5.74, 6) is -0.867. The van der Waals surface area contributed by atoms with Gasteiger partial charge >= 0.3 is 11.9 Å². The molecule has 166 valence electrons. The molecule has 0 aliphatic carbocycles. The van der Waals surface area contributed by atoms with Crippen LogP contribution in [0.1, 0.15) is 49.2 Å². The molecule has 31 heavy (non-hydrogen) atoms. The highest BCUT2D eigenvalue weighted by Gasteiger charge is 2.36. The molecule has 1 N–H and O–H groups in total. The van der Waals surface area contributed by atoms with Gasteiger partial charge in [-0.3, -0.25) is 0 Å². The van der Waals surface area contributed by atoms with Crippen LogP contribution in [-0.2, 0) is 22.5 Å². The summed E-state index contributed by atoms with van der Waals surface area (Å²) in [5.41, 5.74) is 2.92. The number of methoxy groups -OCH3 is 1. The average molecular weight is 446 g/mol. The minimum atomic E-state index is -0.933. The third-order valence-electron chi connectivity index (χ3n) is 5.62. The standard InChI is InChI=1S/C24H28ClNO5/c1-14(2)21(23(29)30-5)31-18-7-8-19(25)17(11-18)13-26-20-9-6-15(22(27)28)10-16(20)12-24(26,3)4/h6-11,14,21H,12-13H2,1-5H3,(H,27,28). The van der Waals surface area contributed by atoms with Crippen LogP contribution >= 0.6 is 11.6 Å². The van der Waals surface area contributed by atoms with Crippen molar-refractivity contribution in [2.75, 3.05) is 12.0 Å². The van der Waals surface area contributed by atoms with E-state index < -0.39 is 18.0 Å². The number of carboxylic acid groups (broad SMARTS) is 1. The van der Waals surface area contributed by atoms with Gasteiger partial charge < -0.3 is 19.5 Å². The maximum absolute atomic E-state index is 12.1. The molecule has 0 spiro atoms. The van der Waals surface area contributed by atoms with Gasteiger partial charge in [-0.25, -0.2) is 9.59 Å². The second kappa shape index (κ2) is 8.79. The lowest BCUT2D eigenvalue weighted by Gasteiger charge is -2.34. The van der Waals surface area contributed by atoms with E-state index in [1.165, 1.54) is 7.11 Å². The van der Waals surface area contributed by atoms with E-state index in [0.717, 1.165) is 23.2 Å². The number of carbonyl (C=O) groups excluding carboxylic acids is 1. The first-order chi connectivity index (χ1) is 14.5. The molecule has 1 atom stereocenters. The van der Waals surface area contributed by atoms with E-state index >= 15 is 0 Å². The molecule has 0 amide bonds. The summed E-state index contributed by atoms with van der Waals surface area (Å²) in [6.07, 6.45) is 0.0205. The van der Waals surface area contributed by atoms with Crippen LogP contribution in [0.25, 0.3) is 0 Å². The number of carboxylic acids is 1. The Morgan fingerprint density at radius 3 is 2.52 bits per heavy atom. The smallest absolute Gasteiger partial charge is 0.347 e. The summed E-state index contributed by atoms with van der Waals surface area (Å²) >= 11 is 6.50. The van der Waals surface area contributed by atoms with Crippen LogP contribution in [0.15, 0.2) is 36.4 Å². The van der Waals surface area contributed by atoms with Gasteiger partial charge in [-0.1, -0.05) is 25.4 Å². The zero-order chi connectivity index (χ0) is 22.9. The Bertz CT molecular complexity index is 1000. The van der Waals surface area contributed by atoms with Gasteiger partial charge in [0.25, 0.3) is 0 Å². The zero-order valence-electron chi connectivity index (χ0n) is 18.4. The molecular weight excluding hydrogens is 418 g/mol. The van der Waals surface area contributed by atoms with Crippen molar-refractivity contribution in [3.05, 3.63) is 58.1 Å². The summed E-state index contributed by atoms with van der Waals surface area (Å²) in [7, 11) is 1.34. The van der Waals surface area contributed by atoms with E-state index in [4.69, 9.17) is 21.1 Å². The molecule has 1 unspecified atom stereocenters. The lowest BCUT2D eigenvalue weighted by Crippen LogP contribution is -2.40. The number of benzene rings is 2. The van der Waals surface area contributed by atoms with E-state index in [1.807, 2.05) is 26.0 Å². The first-order valence-electron chi connectivity index (χ1n) is 10.2. The Labute approximate surface area is 187 Å². The number of halogens is 1. The van der Waals surface area contributed by atoms with Gasteiger partial charge in [0.1, 0.15) is 5.75 Å². The van der Waals surface area contributed by atoms with Gasteiger partial charge in [-0.15, -0.1) is 0 Å². The largest absolute Gasteiger partial charge is 0.478 e. The van der Waals surface area contributed by atoms with Crippen molar-refractivity contribution in [3.8, 4) is 5.75 Å². The van der Waals surface area contributed by atoms with Gasteiger partial charge in [-0.05, 0) is 67.8 Å². The van der Waals surface area contributed by atoms with Gasteiger partial charge in [0.2, 0.25) is 0 Å². The maximum Gasteiger partial charge on any atom is 0.347 e. The molecule has 2 aromatic carbocycles. The topological polar surface area (TPSA) is 76.1 Å². The number of ether oxygens (including phenoxy) is 2. The molecule has 0 saturated carbocycles. The zero-order valence-corrected chi connectivity index (χ0v) is 19.2. The van der Waals surface area contributed by atoms with E-state index in [9.17, 15) is 14.7 Å². The van der Waals surface area contributed by atoms with Gasteiger partial charge in [0, 0.05) is 28.7 Å². The molecule has 6 nitrogen and oxygen atoms in total. The van der Waals surface area contributed by atoms with Crippen molar-refractivity contribution in [3.63, 3.8) is 0 Å². The number of nitrogens with zero attached hydrogens (tertiary/aromatic N) is 1. The van der Waals surface area contributed by atoms with Crippen LogP contribution in [0.3, 0.4) is 0 Å². The number of esters is 1. The van der Waals surface area contributed by atoms with Crippen molar-refractivity contribution in [2.24, 2.45) is 5.92 Å². The number of hydrogen-bond donors (Lipinski definition) is 1. The molecule has 1 heterocycles. The Kier molecular flexibility index (Phi) is 6.51. The third-order valence-corrected chi connectivity index (χ3v) is 5.99. The summed E-state index contributed by atoms with van der Waals surface area (Å²) in [6, 6.07) is 10.6. The molecule has 1 aliphatic rings. The minimum Gasteiger partial charge on any atom is -0.478 e. The summed E-state index contributed by atoms with van der Waals surface area (Å²) in [5, 5.41) is 9.90. The molecule has 2 aromatic rings. The Balaban J connectivity index is 1.90. The number of carbonyl (C=O) groups is 2. The average Bonchev–Trinajstić information content (AvgIpc) is 2.96. The van der Waals surface area contributed by atoms with Crippen molar-refractivity contribution in [1.82, 2.24) is 0 Å². The van der Waals surface area contributed by atoms with E-state index in [0.29, 0.717) is 17.3 Å². The van der Waals surface area contributed by atoms with E-state index in [-0.39, 0.29) is 17.0 Å². The Morgan fingerprint density at radius 2 is 1.90 bits per heavy atom. The number of fused-ring (bicyclic) bond motifs is 1. The summed E-state index contributed by atoms with van der Waals surface area (Å²) in [4.78, 5) is 25.6. The maximum atomic E-state index is 12.1. The third kappa shape index (κ3) is 4.79. The van der Waals surface area contributed by atoms with Crippen LogP contribution in [0.4, 0.5) is 5.69 Å². The SMILES string of the molecule is COC(=O)C(Oc1ccc(Cl)c(CN2c3ccc(C(=O)O)cc3CC2(C)C)c1)C(C)C. The highest BCUT2D eigenvalue weighted by atomic mass is 35.5. The van der Waals surface area contributed by atoms with Crippen LogP contribution in [0, 0.1) is 5.92 Å². The molecule has 3 rings (SSSR count). The number of hydrogen-bond acceptors (Lipinski definition) is 5. The minimum absolute atomic E-state index is 0.0561. The lowest BCUT2D eigenvalue weighted by atomic mass is 9.98. The van der Waals surface area contributed by atoms with Gasteiger partial charge in [0.15, 0.2) is 6.10 Å². The van der Waals surface area contributed by atoms with Crippen molar-refractivity contribution < 1.29 is 24.2 Å². The monoisotopic (exact) mass is 445 g/mol. The highest BCUT2D eigenvalue weighted by Crippen LogP contribution is 2.41. The number of anilines is 1. The van der Waals surface area contributed by atoms with Gasteiger partial charge in [-0.2, -0.15) is 0 Å².